The molecule has 0 unspecified atom stereocenters. The summed E-state index contributed by atoms with van der Waals surface area (Å²) < 4.78 is 18.4. The number of amides is 1. The van der Waals surface area contributed by atoms with Crippen molar-refractivity contribution in [2.75, 3.05) is 23.9 Å². The number of benzene rings is 1. The third-order valence-electron chi connectivity index (χ3n) is 2.62. The fourth-order valence-electron chi connectivity index (χ4n) is 1.74. The zero-order chi connectivity index (χ0) is 12.4. The Morgan fingerprint density at radius 2 is 2.35 bits per heavy atom. The number of carbonyl (C=O) groups is 1. The van der Waals surface area contributed by atoms with Gasteiger partial charge in [0.1, 0.15) is 11.6 Å². The van der Waals surface area contributed by atoms with Crippen molar-refractivity contribution in [2.24, 2.45) is 5.92 Å². The van der Waals surface area contributed by atoms with Crippen LogP contribution in [0.3, 0.4) is 0 Å². The Balaban J connectivity index is 2.32. The molecule has 2 rings (SSSR count). The van der Waals surface area contributed by atoms with Crippen LogP contribution in [0.4, 0.5) is 10.1 Å². The highest BCUT2D eigenvalue weighted by Gasteiger charge is 2.26. The van der Waals surface area contributed by atoms with Gasteiger partial charge in [-0.2, -0.15) is 0 Å². The number of hydrogen-bond donors (Lipinski definition) is 0. The molecule has 17 heavy (non-hydrogen) atoms. The second kappa shape index (κ2) is 4.92. The third-order valence-corrected chi connectivity index (χ3v) is 3.15. The minimum Gasteiger partial charge on any atom is -0.482 e. The van der Waals surface area contributed by atoms with E-state index in [4.69, 9.17) is 16.3 Å². The van der Waals surface area contributed by atoms with Crippen LogP contribution in [0, 0.1) is 11.7 Å². The van der Waals surface area contributed by atoms with Gasteiger partial charge in [-0.25, -0.2) is 4.39 Å². The Hall–Kier alpha value is -1.29. The molecule has 1 amide bonds. The largest absolute Gasteiger partial charge is 0.482 e. The summed E-state index contributed by atoms with van der Waals surface area (Å²) in [4.78, 5) is 13.3. The highest BCUT2D eigenvalue weighted by Crippen LogP contribution is 2.33. The van der Waals surface area contributed by atoms with E-state index in [1.807, 2.05) is 6.92 Å². The van der Waals surface area contributed by atoms with Gasteiger partial charge in [0.25, 0.3) is 5.91 Å². The zero-order valence-electron chi connectivity index (χ0n) is 9.45. The molecule has 0 aliphatic carbocycles. The van der Waals surface area contributed by atoms with E-state index < -0.39 is 0 Å². The first-order valence-electron chi connectivity index (χ1n) is 5.40. The molecule has 0 saturated heterocycles. The van der Waals surface area contributed by atoms with E-state index in [-0.39, 0.29) is 24.2 Å². The van der Waals surface area contributed by atoms with Gasteiger partial charge in [0.2, 0.25) is 0 Å². The molecular weight excluding hydrogens is 245 g/mol. The van der Waals surface area contributed by atoms with Crippen molar-refractivity contribution >= 4 is 23.2 Å². The standard InChI is InChI=1S/C12H13ClFNO2/c1-8(5-13)6-15-10-4-9(14)2-3-11(10)17-7-12(15)16/h2-4,8H,5-7H2,1H3/t8-/m0/s1. The van der Waals surface area contributed by atoms with Gasteiger partial charge in [-0.05, 0) is 18.1 Å². The summed E-state index contributed by atoms with van der Waals surface area (Å²) in [6, 6.07) is 4.17. The van der Waals surface area contributed by atoms with Crippen LogP contribution in [0.25, 0.3) is 0 Å². The summed E-state index contributed by atoms with van der Waals surface area (Å²) in [5.74, 6) is 0.586. The van der Waals surface area contributed by atoms with E-state index in [1.54, 1.807) is 0 Å². The van der Waals surface area contributed by atoms with Crippen molar-refractivity contribution in [3.63, 3.8) is 0 Å². The van der Waals surface area contributed by atoms with Crippen molar-refractivity contribution in [3.05, 3.63) is 24.0 Å². The second-order valence-corrected chi connectivity index (χ2v) is 4.47. The lowest BCUT2D eigenvalue weighted by Gasteiger charge is -2.30. The number of carbonyl (C=O) groups excluding carboxylic acids is 1. The maximum Gasteiger partial charge on any atom is 0.265 e. The van der Waals surface area contributed by atoms with Crippen LogP contribution in [-0.4, -0.2) is 24.9 Å². The molecule has 0 spiro atoms. The molecule has 0 saturated carbocycles. The normalized spacial score (nSPS) is 16.4. The molecular formula is C12H13ClFNO2. The molecule has 1 atom stereocenters. The van der Waals surface area contributed by atoms with E-state index in [1.165, 1.54) is 23.1 Å². The summed E-state index contributed by atoms with van der Waals surface area (Å²) in [6.45, 7) is 2.41. The van der Waals surface area contributed by atoms with Crippen LogP contribution in [0.2, 0.25) is 0 Å². The zero-order valence-corrected chi connectivity index (χ0v) is 10.2. The highest BCUT2D eigenvalue weighted by atomic mass is 35.5. The molecule has 92 valence electrons. The molecule has 0 aromatic heterocycles. The average molecular weight is 258 g/mol. The topological polar surface area (TPSA) is 29.5 Å². The van der Waals surface area contributed by atoms with Crippen LogP contribution in [0.1, 0.15) is 6.92 Å². The van der Waals surface area contributed by atoms with Gasteiger partial charge in [0.05, 0.1) is 5.69 Å². The molecule has 1 aliphatic heterocycles. The number of alkyl halides is 1. The lowest BCUT2D eigenvalue weighted by molar-refractivity contribution is -0.121. The first kappa shape index (κ1) is 12.2. The maximum absolute atomic E-state index is 13.2. The molecule has 1 aromatic carbocycles. The lowest BCUT2D eigenvalue weighted by atomic mass is 10.1. The molecule has 5 heteroatoms. The second-order valence-electron chi connectivity index (χ2n) is 4.16. The third kappa shape index (κ3) is 2.52. The average Bonchev–Trinajstić information content (AvgIpc) is 2.32. The van der Waals surface area contributed by atoms with Crippen LogP contribution >= 0.6 is 11.6 Å². The smallest absolute Gasteiger partial charge is 0.265 e. The summed E-state index contributed by atoms with van der Waals surface area (Å²) in [5.41, 5.74) is 0.484. The van der Waals surface area contributed by atoms with E-state index in [9.17, 15) is 9.18 Å². The monoisotopic (exact) mass is 257 g/mol. The minimum absolute atomic E-state index is 0.00631. The molecule has 1 aliphatic rings. The van der Waals surface area contributed by atoms with Gasteiger partial charge >= 0.3 is 0 Å². The molecule has 0 N–H and O–H groups in total. The number of rotatable bonds is 3. The van der Waals surface area contributed by atoms with Crippen molar-refractivity contribution in [1.82, 2.24) is 0 Å². The van der Waals surface area contributed by atoms with Gasteiger partial charge < -0.3 is 9.64 Å². The van der Waals surface area contributed by atoms with Crippen LogP contribution in [0.5, 0.6) is 5.75 Å². The van der Waals surface area contributed by atoms with E-state index in [2.05, 4.69) is 0 Å². The van der Waals surface area contributed by atoms with E-state index >= 15 is 0 Å². The number of fused-ring (bicyclic) bond motifs is 1. The highest BCUT2D eigenvalue weighted by molar-refractivity contribution is 6.18. The number of ether oxygens (including phenoxy) is 1. The SMILES string of the molecule is C[C@@H](CCl)CN1C(=O)COc2ccc(F)cc21. The van der Waals surface area contributed by atoms with Gasteiger partial charge in [-0.1, -0.05) is 6.92 Å². The van der Waals surface area contributed by atoms with Crippen LogP contribution in [-0.2, 0) is 4.79 Å². The first-order valence-corrected chi connectivity index (χ1v) is 5.94. The van der Waals surface area contributed by atoms with Crippen molar-refractivity contribution in [1.29, 1.82) is 0 Å². The Morgan fingerprint density at radius 1 is 1.59 bits per heavy atom. The van der Waals surface area contributed by atoms with Crippen molar-refractivity contribution in [3.8, 4) is 5.75 Å². The summed E-state index contributed by atoms with van der Waals surface area (Å²) in [5, 5.41) is 0. The van der Waals surface area contributed by atoms with Gasteiger partial charge in [0.15, 0.2) is 6.61 Å². The fraction of sp³-hybridized carbons (Fsp3) is 0.417. The Morgan fingerprint density at radius 3 is 3.06 bits per heavy atom. The quantitative estimate of drug-likeness (QED) is 0.779. The summed E-state index contributed by atoms with van der Waals surface area (Å²) in [7, 11) is 0. The minimum atomic E-state index is -0.384. The molecule has 0 bridgehead atoms. The predicted molar refractivity (Wildman–Crippen MR) is 64.1 cm³/mol. The fourth-order valence-corrected chi connectivity index (χ4v) is 1.83. The first-order chi connectivity index (χ1) is 8.11. The van der Waals surface area contributed by atoms with E-state index in [0.29, 0.717) is 23.9 Å². The Kier molecular flexibility index (Phi) is 3.52. The summed E-state index contributed by atoms with van der Waals surface area (Å²) >= 11 is 5.73. The lowest BCUT2D eigenvalue weighted by Crippen LogP contribution is -2.41. The number of anilines is 1. The van der Waals surface area contributed by atoms with Gasteiger partial charge in [-0.3, -0.25) is 4.79 Å². The molecule has 1 aromatic rings. The molecule has 0 radical (unpaired) electrons. The van der Waals surface area contributed by atoms with Gasteiger partial charge in [0, 0.05) is 18.5 Å². The Labute approximate surface area is 104 Å². The van der Waals surface area contributed by atoms with Crippen molar-refractivity contribution in [2.45, 2.75) is 6.92 Å². The molecule has 3 nitrogen and oxygen atoms in total. The van der Waals surface area contributed by atoms with E-state index in [0.717, 1.165) is 0 Å². The number of halogens is 2. The summed E-state index contributed by atoms with van der Waals surface area (Å²) in [6.07, 6.45) is 0. The number of hydrogen-bond acceptors (Lipinski definition) is 2. The maximum atomic E-state index is 13.2. The number of nitrogens with zero attached hydrogens (tertiary/aromatic N) is 1. The van der Waals surface area contributed by atoms with Gasteiger partial charge in [-0.15, -0.1) is 11.6 Å². The Bertz CT molecular complexity index is 439. The van der Waals surface area contributed by atoms with Crippen LogP contribution < -0.4 is 9.64 Å². The van der Waals surface area contributed by atoms with Crippen LogP contribution in [0.15, 0.2) is 18.2 Å². The molecule has 0 fully saturated rings. The predicted octanol–water partition coefficient (Wildman–Crippen LogP) is 2.43. The van der Waals surface area contributed by atoms with Crippen molar-refractivity contribution < 1.29 is 13.9 Å². The molecule has 1 heterocycles.